The molecule has 0 radical (unpaired) electrons. The smallest absolute Gasteiger partial charge is 0.119 e. The quantitative estimate of drug-likeness (QED) is 0.602. The van der Waals surface area contributed by atoms with Crippen molar-refractivity contribution in [1.82, 2.24) is 5.09 Å². The molecule has 1 N–H and O–H groups in total. The molecule has 3 aliphatic heterocycles. The first kappa shape index (κ1) is 16.6. The first-order chi connectivity index (χ1) is 8.82. The Kier molecular flexibility index (Phi) is 4.04. The van der Waals surface area contributed by atoms with Gasteiger partial charge in [0.2, 0.25) is 0 Å². The molecule has 2 nitrogen and oxygen atoms in total. The summed E-state index contributed by atoms with van der Waals surface area (Å²) in [4.78, 5) is 0. The van der Waals surface area contributed by atoms with Crippen LogP contribution in [0.3, 0.4) is 0 Å². The highest BCUT2D eigenvalue weighted by Crippen LogP contribution is 2.58. The van der Waals surface area contributed by atoms with Crippen molar-refractivity contribution in [1.29, 1.82) is 0 Å². The molecule has 3 unspecified atom stereocenters. The summed E-state index contributed by atoms with van der Waals surface area (Å²) in [6, 6.07) is 0.549. The maximum Gasteiger partial charge on any atom is 0.119 e. The normalized spacial score (nSPS) is 31.9. The summed E-state index contributed by atoms with van der Waals surface area (Å²) < 4.78 is 5.16. The number of fused-ring (bicyclic) bond motifs is 1. The Morgan fingerprint density at radius 1 is 0.950 bits per heavy atom. The van der Waals surface area contributed by atoms with Crippen molar-refractivity contribution in [2.45, 2.75) is 74.0 Å². The van der Waals surface area contributed by atoms with Crippen LogP contribution in [0, 0.1) is 16.2 Å². The molecule has 0 fully saturated rings. The van der Waals surface area contributed by atoms with E-state index in [1.165, 1.54) is 13.9 Å². The highest BCUT2D eigenvalue weighted by Gasteiger charge is 2.48. The summed E-state index contributed by atoms with van der Waals surface area (Å²) >= 11 is 0. The lowest BCUT2D eigenvalue weighted by atomic mass is 9.78. The third-order valence-corrected chi connectivity index (χ3v) is 8.56. The van der Waals surface area contributed by atoms with Crippen molar-refractivity contribution in [3.05, 3.63) is 0 Å². The van der Waals surface area contributed by atoms with Crippen LogP contribution in [0.25, 0.3) is 0 Å². The summed E-state index contributed by atoms with van der Waals surface area (Å²) in [5, 5.41) is 5.50. The minimum atomic E-state index is -0.520. The monoisotopic (exact) mass is 312 g/mol. The summed E-state index contributed by atoms with van der Waals surface area (Å²) in [6.07, 6.45) is 0. The Balaban J connectivity index is 2.47. The molecular weight excluding hydrogens is 282 g/mol. The summed E-state index contributed by atoms with van der Waals surface area (Å²) in [5.41, 5.74) is 2.71. The average Bonchev–Trinajstić information content (AvgIpc) is 2.24. The van der Waals surface area contributed by atoms with E-state index in [4.69, 9.17) is 4.76 Å². The maximum absolute atomic E-state index is 5.16. The number of hydrogen-bond acceptors (Lipinski definition) is 2. The predicted molar refractivity (Wildman–Crippen MR) is 95.4 cm³/mol. The van der Waals surface area contributed by atoms with E-state index in [0.29, 0.717) is 11.7 Å². The molecule has 0 aromatic rings. The topological polar surface area (TPSA) is 24.4 Å². The Labute approximate surface area is 127 Å². The lowest BCUT2D eigenvalue weighted by molar-refractivity contribution is 0.306. The fourth-order valence-corrected chi connectivity index (χ4v) is 8.32. The molecule has 3 atom stereocenters. The second-order valence-electron chi connectivity index (χ2n) is 9.17. The second-order valence-corrected chi connectivity index (χ2v) is 12.3. The molecule has 0 saturated carbocycles. The number of hydrogen-bond donors (Lipinski definition) is 1. The zero-order valence-electron chi connectivity index (χ0n) is 14.5. The Bertz CT molecular complexity index is 458. The molecule has 114 valence electrons. The van der Waals surface area contributed by atoms with Crippen LogP contribution < -0.4 is 5.09 Å². The molecule has 4 heteroatoms. The summed E-state index contributed by atoms with van der Waals surface area (Å²) in [5.74, 6) is 0. The lowest BCUT2D eigenvalue weighted by Gasteiger charge is -2.50. The van der Waals surface area contributed by atoms with E-state index >= 15 is 0 Å². The molecule has 2 bridgehead atoms. The molecule has 0 aliphatic carbocycles. The van der Waals surface area contributed by atoms with E-state index < -0.39 is 8.22 Å². The maximum atomic E-state index is 5.16. The van der Waals surface area contributed by atoms with Crippen LogP contribution in [0.5, 0.6) is 0 Å². The van der Waals surface area contributed by atoms with Crippen molar-refractivity contribution in [3.63, 3.8) is 0 Å². The first-order valence-corrected chi connectivity index (χ1v) is 9.81. The van der Waals surface area contributed by atoms with Crippen LogP contribution in [0.4, 0.5) is 0 Å². The largest absolute Gasteiger partial charge is 0.269 e. The summed E-state index contributed by atoms with van der Waals surface area (Å²) in [6.45, 7) is 21.0. The fourth-order valence-electron chi connectivity index (χ4n) is 2.76. The van der Waals surface area contributed by atoms with Gasteiger partial charge < -0.3 is 0 Å². The van der Waals surface area contributed by atoms with E-state index in [-0.39, 0.29) is 16.2 Å². The molecule has 0 spiro atoms. The molecule has 20 heavy (non-hydrogen) atoms. The van der Waals surface area contributed by atoms with Crippen molar-refractivity contribution in [2.24, 2.45) is 21.0 Å². The Morgan fingerprint density at radius 2 is 1.50 bits per heavy atom. The van der Waals surface area contributed by atoms with Gasteiger partial charge in [-0.3, -0.25) is 5.09 Å². The van der Waals surface area contributed by atoms with E-state index in [9.17, 15) is 0 Å². The third kappa shape index (κ3) is 3.03. The van der Waals surface area contributed by atoms with E-state index in [0.717, 1.165) is 0 Å². The zero-order chi connectivity index (χ0) is 15.5. The first-order valence-electron chi connectivity index (χ1n) is 7.55. The highest BCUT2D eigenvalue weighted by atomic mass is 31.2. The van der Waals surface area contributed by atoms with Crippen molar-refractivity contribution < 1.29 is 0 Å². The van der Waals surface area contributed by atoms with E-state index in [1.54, 1.807) is 5.03 Å². The Morgan fingerprint density at radius 3 is 1.85 bits per heavy atom. The Hall–Kier alpha value is 0.230. The minimum absolute atomic E-state index is 0.188. The van der Waals surface area contributed by atoms with Gasteiger partial charge in [-0.2, -0.15) is 0 Å². The van der Waals surface area contributed by atoms with Gasteiger partial charge >= 0.3 is 0 Å². The van der Waals surface area contributed by atoms with Gasteiger partial charge in [-0.1, -0.05) is 70.5 Å². The molecule has 3 aliphatic rings. The van der Waals surface area contributed by atoms with Gasteiger partial charge in [0.25, 0.3) is 0 Å². The molecule has 0 aromatic heterocycles. The zero-order valence-corrected chi connectivity index (χ0v) is 16.3. The van der Waals surface area contributed by atoms with Crippen LogP contribution in [-0.4, -0.2) is 22.4 Å². The van der Waals surface area contributed by atoms with E-state index in [1.807, 2.05) is 0 Å². The number of nitrogens with zero attached hydrogens (tertiary/aromatic N) is 1. The minimum Gasteiger partial charge on any atom is -0.269 e. The van der Waals surface area contributed by atoms with Crippen molar-refractivity contribution in [3.8, 4) is 0 Å². The van der Waals surface area contributed by atoms with Gasteiger partial charge in [0, 0.05) is 22.2 Å². The molecule has 3 rings (SSSR count). The fraction of sp³-hybridized carbons (Fsp3) is 0.875. The predicted octanol–water partition coefficient (Wildman–Crippen LogP) is 5.31. The highest BCUT2D eigenvalue weighted by molar-refractivity contribution is 7.84. The lowest BCUT2D eigenvalue weighted by Crippen LogP contribution is -2.56. The number of rotatable bonds is 0. The van der Waals surface area contributed by atoms with Crippen LogP contribution >= 0.6 is 16.4 Å². The van der Waals surface area contributed by atoms with Gasteiger partial charge in [-0.25, -0.2) is 4.76 Å². The third-order valence-electron chi connectivity index (χ3n) is 3.90. The molecule has 3 heterocycles. The van der Waals surface area contributed by atoms with Gasteiger partial charge in [0.15, 0.2) is 0 Å². The summed E-state index contributed by atoms with van der Waals surface area (Å²) in [7, 11) is 1.01. The van der Waals surface area contributed by atoms with Crippen molar-refractivity contribution >= 4 is 27.2 Å². The second kappa shape index (κ2) is 4.87. The molecular formula is C16H30N2P2. The van der Waals surface area contributed by atoms with E-state index in [2.05, 4.69) is 67.4 Å². The molecule has 0 amide bonds. The van der Waals surface area contributed by atoms with Gasteiger partial charge in [0.1, 0.15) is 8.22 Å². The number of nitrogens with one attached hydrogen (secondary N) is 1. The van der Waals surface area contributed by atoms with Gasteiger partial charge in [-0.15, -0.1) is 0 Å². The van der Waals surface area contributed by atoms with Crippen molar-refractivity contribution in [2.75, 3.05) is 0 Å². The standard InChI is InChI=1S/C16H30N2P2/c1-14(2,3)11-10-12(15(4,5)6)18-20(17-11)13(19-10)16(7,8)9/h10-11,17H,1-9H3. The van der Waals surface area contributed by atoms with Crippen LogP contribution in [0.15, 0.2) is 4.76 Å². The SMILES string of the molecule is CC(C)(C)C1=NP2NC(C(C)(C)C)C1P=C2C(C)(C)C. The van der Waals surface area contributed by atoms with Crippen LogP contribution in [0.2, 0.25) is 0 Å². The molecule has 0 aromatic carbocycles. The molecule has 0 saturated heterocycles. The van der Waals surface area contributed by atoms with Crippen LogP contribution in [-0.2, 0) is 0 Å². The van der Waals surface area contributed by atoms with Gasteiger partial charge in [0.05, 0.1) is 5.66 Å². The average molecular weight is 312 g/mol. The van der Waals surface area contributed by atoms with Crippen LogP contribution in [0.1, 0.15) is 62.3 Å². The van der Waals surface area contributed by atoms with Gasteiger partial charge in [-0.05, 0) is 10.8 Å².